The maximum atomic E-state index is 12.3. The Morgan fingerprint density at radius 1 is 1.19 bits per heavy atom. The van der Waals surface area contributed by atoms with Gasteiger partial charge in [0.25, 0.3) is 0 Å². The number of nitrogens with zero attached hydrogens (tertiary/aromatic N) is 3. The molecule has 1 fully saturated rings. The van der Waals surface area contributed by atoms with E-state index >= 15 is 0 Å². The van der Waals surface area contributed by atoms with Gasteiger partial charge in [-0.3, -0.25) is 4.79 Å². The van der Waals surface area contributed by atoms with Crippen molar-refractivity contribution in [3.63, 3.8) is 0 Å². The van der Waals surface area contributed by atoms with Crippen LogP contribution in [0.4, 0.5) is 0 Å². The SMILES string of the molecule is CCCCCCC(=O)N1CCC(c2nc(-c3ccc(Cl)cc3)no2)CC1. The standard InChI is InChI=1S/C20H26ClN3O2/c1-2-3-4-5-6-18(25)24-13-11-16(12-14-24)20-22-19(23-26-20)15-7-9-17(21)10-8-15/h7-10,16H,2-6,11-14H2,1H3. The minimum absolute atomic E-state index is 0.229. The van der Waals surface area contributed by atoms with Crippen LogP contribution < -0.4 is 0 Å². The molecule has 0 bridgehead atoms. The molecule has 2 heterocycles. The molecule has 0 saturated carbocycles. The van der Waals surface area contributed by atoms with E-state index in [0.29, 0.717) is 23.2 Å². The van der Waals surface area contributed by atoms with E-state index in [4.69, 9.17) is 16.1 Å². The first-order valence-corrected chi connectivity index (χ1v) is 9.92. The van der Waals surface area contributed by atoms with Crippen molar-refractivity contribution in [2.24, 2.45) is 0 Å². The fourth-order valence-corrected chi connectivity index (χ4v) is 3.48. The maximum absolute atomic E-state index is 12.3. The predicted molar refractivity (Wildman–Crippen MR) is 102 cm³/mol. The third-order valence-corrected chi connectivity index (χ3v) is 5.24. The average Bonchev–Trinajstić information content (AvgIpc) is 3.16. The van der Waals surface area contributed by atoms with Gasteiger partial charge in [-0.05, 0) is 43.5 Å². The van der Waals surface area contributed by atoms with Crippen molar-refractivity contribution in [2.75, 3.05) is 13.1 Å². The third-order valence-electron chi connectivity index (χ3n) is 4.99. The summed E-state index contributed by atoms with van der Waals surface area (Å²) in [5.41, 5.74) is 0.893. The van der Waals surface area contributed by atoms with Gasteiger partial charge < -0.3 is 9.42 Å². The van der Waals surface area contributed by atoms with Crippen LogP contribution in [0.25, 0.3) is 11.4 Å². The molecule has 0 atom stereocenters. The molecule has 26 heavy (non-hydrogen) atoms. The van der Waals surface area contributed by atoms with E-state index in [1.807, 2.05) is 29.2 Å². The monoisotopic (exact) mass is 375 g/mol. The van der Waals surface area contributed by atoms with Crippen LogP contribution in [-0.4, -0.2) is 34.0 Å². The van der Waals surface area contributed by atoms with Gasteiger partial charge in [0, 0.05) is 36.0 Å². The maximum Gasteiger partial charge on any atom is 0.230 e. The van der Waals surface area contributed by atoms with Gasteiger partial charge in [-0.1, -0.05) is 42.9 Å². The second-order valence-electron chi connectivity index (χ2n) is 6.93. The van der Waals surface area contributed by atoms with Gasteiger partial charge in [0.1, 0.15) is 0 Å². The minimum atomic E-state index is 0.229. The fourth-order valence-electron chi connectivity index (χ4n) is 3.35. The summed E-state index contributed by atoms with van der Waals surface area (Å²) >= 11 is 5.92. The van der Waals surface area contributed by atoms with Gasteiger partial charge in [0.2, 0.25) is 17.6 Å². The number of unbranched alkanes of at least 4 members (excludes halogenated alkanes) is 3. The molecule has 1 aromatic carbocycles. The molecule has 1 aliphatic rings. The summed E-state index contributed by atoms with van der Waals surface area (Å²) in [6, 6.07) is 7.41. The van der Waals surface area contributed by atoms with Gasteiger partial charge >= 0.3 is 0 Å². The van der Waals surface area contributed by atoms with Gasteiger partial charge in [-0.25, -0.2) is 0 Å². The molecular formula is C20H26ClN3O2. The van der Waals surface area contributed by atoms with E-state index in [9.17, 15) is 4.79 Å². The number of benzene rings is 1. The average molecular weight is 376 g/mol. The Morgan fingerprint density at radius 2 is 1.92 bits per heavy atom. The van der Waals surface area contributed by atoms with E-state index in [1.165, 1.54) is 12.8 Å². The first-order chi connectivity index (χ1) is 12.7. The van der Waals surface area contributed by atoms with Crippen LogP contribution in [0.1, 0.15) is 63.7 Å². The lowest BCUT2D eigenvalue weighted by Gasteiger charge is -2.30. The molecule has 6 heteroatoms. The number of halogens is 1. The number of likely N-dealkylation sites (tertiary alicyclic amines) is 1. The van der Waals surface area contributed by atoms with Crippen molar-refractivity contribution in [3.8, 4) is 11.4 Å². The van der Waals surface area contributed by atoms with E-state index in [0.717, 1.165) is 44.3 Å². The number of hydrogen-bond donors (Lipinski definition) is 0. The molecule has 0 spiro atoms. The Kier molecular flexibility index (Phi) is 6.67. The molecule has 0 radical (unpaired) electrons. The highest BCUT2D eigenvalue weighted by molar-refractivity contribution is 6.30. The number of aromatic nitrogens is 2. The number of piperidine rings is 1. The largest absolute Gasteiger partial charge is 0.343 e. The van der Waals surface area contributed by atoms with Gasteiger partial charge in [0.15, 0.2) is 0 Å². The summed E-state index contributed by atoms with van der Waals surface area (Å²) in [7, 11) is 0. The van der Waals surface area contributed by atoms with E-state index in [-0.39, 0.29) is 11.8 Å². The number of carbonyl (C=O) groups excluding carboxylic acids is 1. The zero-order chi connectivity index (χ0) is 18.4. The second-order valence-corrected chi connectivity index (χ2v) is 7.37. The van der Waals surface area contributed by atoms with Crippen molar-refractivity contribution >= 4 is 17.5 Å². The van der Waals surface area contributed by atoms with E-state index in [2.05, 4.69) is 17.1 Å². The Balaban J connectivity index is 1.50. The Morgan fingerprint density at radius 3 is 2.62 bits per heavy atom. The Labute approximate surface area is 159 Å². The number of amides is 1. The molecule has 0 N–H and O–H groups in total. The van der Waals surface area contributed by atoms with E-state index < -0.39 is 0 Å². The minimum Gasteiger partial charge on any atom is -0.343 e. The van der Waals surface area contributed by atoms with Crippen LogP contribution >= 0.6 is 11.6 Å². The van der Waals surface area contributed by atoms with Crippen LogP contribution in [0.15, 0.2) is 28.8 Å². The summed E-state index contributed by atoms with van der Waals surface area (Å²) in [6.45, 7) is 3.73. The van der Waals surface area contributed by atoms with Crippen molar-refractivity contribution in [2.45, 2.75) is 57.8 Å². The lowest BCUT2D eigenvalue weighted by molar-refractivity contribution is -0.132. The topological polar surface area (TPSA) is 59.2 Å². The first kappa shape index (κ1) is 18.9. The molecule has 1 aliphatic heterocycles. The molecule has 140 valence electrons. The highest BCUT2D eigenvalue weighted by Crippen LogP contribution is 2.29. The fraction of sp³-hybridized carbons (Fsp3) is 0.550. The second kappa shape index (κ2) is 9.17. The molecule has 1 saturated heterocycles. The zero-order valence-electron chi connectivity index (χ0n) is 15.3. The van der Waals surface area contributed by atoms with Crippen LogP contribution in [0.2, 0.25) is 5.02 Å². The summed E-state index contributed by atoms with van der Waals surface area (Å²) in [6.07, 6.45) is 6.98. The van der Waals surface area contributed by atoms with E-state index in [1.54, 1.807) is 0 Å². The van der Waals surface area contributed by atoms with Gasteiger partial charge in [-0.15, -0.1) is 0 Å². The lowest BCUT2D eigenvalue weighted by Crippen LogP contribution is -2.37. The molecular weight excluding hydrogens is 350 g/mol. The molecule has 2 aromatic rings. The molecule has 1 amide bonds. The summed E-state index contributed by atoms with van der Waals surface area (Å²) in [5, 5.41) is 4.78. The summed E-state index contributed by atoms with van der Waals surface area (Å²) in [5.74, 6) is 1.77. The summed E-state index contributed by atoms with van der Waals surface area (Å²) < 4.78 is 5.48. The van der Waals surface area contributed by atoms with Crippen LogP contribution in [-0.2, 0) is 4.79 Å². The highest BCUT2D eigenvalue weighted by Gasteiger charge is 2.27. The third kappa shape index (κ3) is 4.85. The quantitative estimate of drug-likeness (QED) is 0.634. The molecule has 1 aromatic heterocycles. The number of hydrogen-bond acceptors (Lipinski definition) is 4. The lowest BCUT2D eigenvalue weighted by atomic mass is 9.96. The first-order valence-electron chi connectivity index (χ1n) is 9.54. The smallest absolute Gasteiger partial charge is 0.230 e. The molecule has 0 aliphatic carbocycles. The molecule has 0 unspecified atom stereocenters. The zero-order valence-corrected chi connectivity index (χ0v) is 16.0. The highest BCUT2D eigenvalue weighted by atomic mass is 35.5. The van der Waals surface area contributed by atoms with Crippen molar-refractivity contribution < 1.29 is 9.32 Å². The van der Waals surface area contributed by atoms with Crippen LogP contribution in [0, 0.1) is 0 Å². The summed E-state index contributed by atoms with van der Waals surface area (Å²) in [4.78, 5) is 18.8. The van der Waals surface area contributed by atoms with Crippen LogP contribution in [0.5, 0.6) is 0 Å². The van der Waals surface area contributed by atoms with Gasteiger partial charge in [0.05, 0.1) is 0 Å². The normalized spacial score (nSPS) is 15.4. The molecule has 5 nitrogen and oxygen atoms in total. The van der Waals surface area contributed by atoms with Crippen molar-refractivity contribution in [1.82, 2.24) is 15.0 Å². The van der Waals surface area contributed by atoms with Gasteiger partial charge in [-0.2, -0.15) is 4.98 Å². The van der Waals surface area contributed by atoms with Crippen molar-refractivity contribution in [3.05, 3.63) is 35.2 Å². The predicted octanol–water partition coefficient (Wildman–Crippen LogP) is 5.07. The number of carbonyl (C=O) groups is 1. The molecule has 3 rings (SSSR count). The number of rotatable bonds is 7. The van der Waals surface area contributed by atoms with Crippen LogP contribution in [0.3, 0.4) is 0 Å². The van der Waals surface area contributed by atoms with Crippen molar-refractivity contribution in [1.29, 1.82) is 0 Å². The Hall–Kier alpha value is -1.88. The Bertz CT molecular complexity index is 706.